The number of rotatable bonds is 25. The number of ether oxygens (including phenoxy) is 2. The standard InChI is InChI=1S/C46H75N5O6S/c1-13-15-24-49(9)41(31(5)6)38(52)28-35(30(3)4)46(55)50(10)42(32(7)14-2)39(56-11)29-40(53)51-25-19-22-37(51)43(57-12)33(8)44(54)48-36(45-47-23-26-58-45)27-34-20-17-16-18-21-34/h16-18,20-21,23,26,30-33,35-37,39,41-43H,13-15,19,22,24-25,27-29H2,1-12H3,(H,48,54)/t32-,33+,35-,36-,37-,39+,41-,42-,43+/m0/s1. The van der Waals surface area contributed by atoms with Crippen molar-refractivity contribution in [3.8, 4) is 0 Å². The first kappa shape index (κ1) is 49.2. The van der Waals surface area contributed by atoms with E-state index in [1.165, 1.54) is 11.3 Å². The minimum atomic E-state index is -0.580. The number of hydrogen-bond donors (Lipinski definition) is 1. The van der Waals surface area contributed by atoms with E-state index in [1.54, 1.807) is 32.4 Å². The smallest absolute Gasteiger partial charge is 0.226 e. The molecule has 3 amide bonds. The molecule has 58 heavy (non-hydrogen) atoms. The van der Waals surface area contributed by atoms with Crippen molar-refractivity contribution in [2.24, 2.45) is 29.6 Å². The van der Waals surface area contributed by atoms with Gasteiger partial charge in [0, 0.05) is 51.7 Å². The van der Waals surface area contributed by atoms with Crippen LogP contribution in [-0.2, 0) is 35.1 Å². The van der Waals surface area contributed by atoms with E-state index in [0.717, 1.165) is 42.8 Å². The molecule has 1 N–H and O–H groups in total. The van der Waals surface area contributed by atoms with Crippen molar-refractivity contribution in [2.75, 3.05) is 41.4 Å². The Hall–Kier alpha value is -3.19. The van der Waals surface area contributed by atoms with Gasteiger partial charge in [0.1, 0.15) is 5.01 Å². The Kier molecular flexibility index (Phi) is 20.5. The molecule has 1 aliphatic rings. The van der Waals surface area contributed by atoms with Crippen LogP contribution in [0, 0.1) is 29.6 Å². The average molecular weight is 826 g/mol. The van der Waals surface area contributed by atoms with Gasteiger partial charge in [0.05, 0.1) is 48.7 Å². The highest BCUT2D eigenvalue weighted by atomic mass is 32.1. The van der Waals surface area contributed by atoms with Gasteiger partial charge in [0.25, 0.3) is 0 Å². The van der Waals surface area contributed by atoms with E-state index in [1.807, 2.05) is 68.4 Å². The molecule has 3 rings (SSSR count). The number of Topliss-reactive ketones (excluding diaryl/α,β-unsaturated/α-hetero) is 1. The van der Waals surface area contributed by atoms with Crippen LogP contribution in [0.15, 0.2) is 41.9 Å². The van der Waals surface area contributed by atoms with Gasteiger partial charge in [-0.1, -0.05) is 98.6 Å². The Morgan fingerprint density at radius 2 is 1.66 bits per heavy atom. The molecule has 0 saturated carbocycles. The second-order valence-corrected chi connectivity index (χ2v) is 18.2. The lowest BCUT2D eigenvalue weighted by Gasteiger charge is -2.41. The normalized spacial score (nSPS) is 18.7. The number of thiazole rings is 1. The summed E-state index contributed by atoms with van der Waals surface area (Å²) in [6, 6.07) is 8.79. The van der Waals surface area contributed by atoms with E-state index in [4.69, 9.17) is 9.47 Å². The minimum Gasteiger partial charge on any atom is -0.379 e. The second kappa shape index (κ2) is 24.2. The molecule has 12 heteroatoms. The molecule has 326 valence electrons. The molecule has 1 aliphatic heterocycles. The number of likely N-dealkylation sites (N-methyl/N-ethyl adjacent to an activating group) is 2. The number of unbranched alkanes of at least 4 members (excludes halogenated alkanes) is 1. The van der Waals surface area contributed by atoms with Crippen molar-refractivity contribution in [3.05, 3.63) is 52.5 Å². The molecule has 0 unspecified atom stereocenters. The van der Waals surface area contributed by atoms with E-state index in [2.05, 4.69) is 49.8 Å². The Morgan fingerprint density at radius 3 is 2.21 bits per heavy atom. The Balaban J connectivity index is 1.79. The summed E-state index contributed by atoms with van der Waals surface area (Å²) in [5, 5.41) is 5.99. The fraction of sp³-hybridized carbons (Fsp3) is 0.717. The van der Waals surface area contributed by atoms with Crippen molar-refractivity contribution in [3.63, 3.8) is 0 Å². The van der Waals surface area contributed by atoms with Gasteiger partial charge in [-0.15, -0.1) is 11.3 Å². The average Bonchev–Trinajstić information content (AvgIpc) is 3.92. The monoisotopic (exact) mass is 826 g/mol. The lowest BCUT2D eigenvalue weighted by Crippen LogP contribution is -2.54. The van der Waals surface area contributed by atoms with Gasteiger partial charge in [0.2, 0.25) is 17.7 Å². The Morgan fingerprint density at radius 1 is 0.966 bits per heavy atom. The van der Waals surface area contributed by atoms with Crippen molar-refractivity contribution in [1.29, 1.82) is 0 Å². The van der Waals surface area contributed by atoms with Gasteiger partial charge >= 0.3 is 0 Å². The van der Waals surface area contributed by atoms with E-state index < -0.39 is 30.1 Å². The van der Waals surface area contributed by atoms with E-state index >= 15 is 0 Å². The Bertz CT molecular complexity index is 1540. The molecule has 2 aromatic rings. The number of likely N-dealkylation sites (tertiary alicyclic amines) is 1. The molecule has 1 aromatic carbocycles. The van der Waals surface area contributed by atoms with Crippen molar-refractivity contribution < 1.29 is 28.7 Å². The van der Waals surface area contributed by atoms with Gasteiger partial charge < -0.3 is 24.6 Å². The highest BCUT2D eigenvalue weighted by Crippen LogP contribution is 2.32. The number of nitrogens with one attached hydrogen (secondary N) is 1. The third-order valence-corrected chi connectivity index (χ3v) is 13.3. The number of carbonyl (C=O) groups is 4. The summed E-state index contributed by atoms with van der Waals surface area (Å²) >= 11 is 1.51. The van der Waals surface area contributed by atoms with Gasteiger partial charge in [-0.25, -0.2) is 4.98 Å². The molecule has 2 heterocycles. The summed E-state index contributed by atoms with van der Waals surface area (Å²) in [7, 11) is 7.03. The molecular formula is C46H75N5O6S. The van der Waals surface area contributed by atoms with Gasteiger partial charge in [-0.2, -0.15) is 0 Å². The van der Waals surface area contributed by atoms with Crippen LogP contribution >= 0.6 is 11.3 Å². The number of ketones is 1. The maximum Gasteiger partial charge on any atom is 0.226 e. The molecular weight excluding hydrogens is 751 g/mol. The minimum absolute atomic E-state index is 0.0188. The number of hydrogen-bond acceptors (Lipinski definition) is 9. The number of benzene rings is 1. The lowest BCUT2D eigenvalue weighted by molar-refractivity contribution is -0.149. The molecule has 0 aliphatic carbocycles. The third-order valence-electron chi connectivity index (χ3n) is 12.5. The van der Waals surface area contributed by atoms with Crippen LogP contribution in [0.2, 0.25) is 0 Å². The first-order chi connectivity index (χ1) is 27.6. The van der Waals surface area contributed by atoms with Crippen LogP contribution in [0.3, 0.4) is 0 Å². The number of methoxy groups -OCH3 is 2. The molecule has 0 bridgehead atoms. The number of nitrogens with zero attached hydrogens (tertiary/aromatic N) is 4. The van der Waals surface area contributed by atoms with Crippen LogP contribution < -0.4 is 5.32 Å². The Labute approximate surface area is 354 Å². The predicted octanol–water partition coefficient (Wildman–Crippen LogP) is 7.45. The number of amides is 3. The molecule has 1 saturated heterocycles. The van der Waals surface area contributed by atoms with Crippen molar-refractivity contribution in [2.45, 2.75) is 143 Å². The largest absolute Gasteiger partial charge is 0.379 e. The van der Waals surface area contributed by atoms with Crippen LogP contribution in [0.5, 0.6) is 0 Å². The van der Waals surface area contributed by atoms with Crippen LogP contribution in [-0.4, -0.2) is 115 Å². The van der Waals surface area contributed by atoms with E-state index in [0.29, 0.717) is 19.4 Å². The van der Waals surface area contributed by atoms with Crippen molar-refractivity contribution >= 4 is 34.8 Å². The first-order valence-corrected chi connectivity index (χ1v) is 22.6. The zero-order valence-electron chi connectivity index (χ0n) is 37.6. The highest BCUT2D eigenvalue weighted by molar-refractivity contribution is 7.09. The van der Waals surface area contributed by atoms with Gasteiger partial charge in [0.15, 0.2) is 5.78 Å². The maximum atomic E-state index is 14.5. The van der Waals surface area contributed by atoms with E-state index in [9.17, 15) is 19.2 Å². The topological polar surface area (TPSA) is 121 Å². The summed E-state index contributed by atoms with van der Waals surface area (Å²) in [6.07, 6.45) is 5.82. The van der Waals surface area contributed by atoms with Gasteiger partial charge in [-0.05, 0) is 62.6 Å². The summed E-state index contributed by atoms with van der Waals surface area (Å²) in [6.45, 7) is 17.7. The fourth-order valence-electron chi connectivity index (χ4n) is 8.95. The van der Waals surface area contributed by atoms with Crippen LogP contribution in [0.4, 0.5) is 0 Å². The van der Waals surface area contributed by atoms with Crippen LogP contribution in [0.1, 0.15) is 117 Å². The van der Waals surface area contributed by atoms with Gasteiger partial charge in [-0.3, -0.25) is 24.1 Å². The van der Waals surface area contributed by atoms with Crippen molar-refractivity contribution in [1.82, 2.24) is 25.0 Å². The summed E-state index contributed by atoms with van der Waals surface area (Å²) < 4.78 is 12.2. The first-order valence-electron chi connectivity index (χ1n) is 21.7. The molecule has 1 fully saturated rings. The highest BCUT2D eigenvalue weighted by Gasteiger charge is 2.43. The van der Waals surface area contributed by atoms with E-state index in [-0.39, 0.29) is 72.2 Å². The molecule has 0 radical (unpaired) electrons. The second-order valence-electron chi connectivity index (χ2n) is 17.3. The molecule has 11 nitrogen and oxygen atoms in total. The SMILES string of the molecule is CCCCN(C)[C@H](C(=O)C[C@H](C(=O)N(C)[C@@H]([C@@H](C)CC)[C@@H](CC(=O)N1CCC[C@H]1[C@H](OC)[C@@H](C)C(=O)N[C@@H](Cc1ccccc1)c1nccs1)OC)C(C)C)C(C)C. The maximum absolute atomic E-state index is 14.5. The van der Waals surface area contributed by atoms with Crippen LogP contribution in [0.25, 0.3) is 0 Å². The number of carbonyl (C=O) groups excluding carboxylic acids is 4. The molecule has 9 atom stereocenters. The quantitative estimate of drug-likeness (QED) is 0.110. The lowest BCUT2D eigenvalue weighted by atomic mass is 9.83. The molecule has 1 aromatic heterocycles. The zero-order valence-corrected chi connectivity index (χ0v) is 38.4. The summed E-state index contributed by atoms with van der Waals surface area (Å²) in [5.74, 6) is -1.21. The summed E-state index contributed by atoms with van der Waals surface area (Å²) in [5.41, 5.74) is 1.10. The fourth-order valence-corrected chi connectivity index (χ4v) is 9.64. The molecule has 0 spiro atoms. The predicted molar refractivity (Wildman–Crippen MR) is 233 cm³/mol. The third kappa shape index (κ3) is 13.2. The summed E-state index contributed by atoms with van der Waals surface area (Å²) in [4.78, 5) is 67.0. The zero-order chi connectivity index (χ0) is 43.1. The number of aromatic nitrogens is 1.